The van der Waals surface area contributed by atoms with E-state index in [-0.39, 0.29) is 10.0 Å². The Kier molecular flexibility index (Phi) is 2.42. The maximum atomic E-state index is 12.9. The second-order valence-corrected chi connectivity index (χ2v) is 3.01. The SMILES string of the molecule is N=C(N)c1cc(F)c(Br)cc1F. The molecule has 0 radical (unpaired) electrons. The molecule has 0 heterocycles. The molecule has 5 heteroatoms. The first-order valence-corrected chi connectivity index (χ1v) is 3.80. The van der Waals surface area contributed by atoms with Gasteiger partial charge in [-0.1, -0.05) is 0 Å². The summed E-state index contributed by atoms with van der Waals surface area (Å²) < 4.78 is 25.6. The molecule has 12 heavy (non-hydrogen) atoms. The molecule has 0 atom stereocenters. The van der Waals surface area contributed by atoms with E-state index in [0.717, 1.165) is 12.1 Å². The van der Waals surface area contributed by atoms with Gasteiger partial charge in [0.05, 0.1) is 10.0 Å². The third kappa shape index (κ3) is 1.61. The van der Waals surface area contributed by atoms with E-state index in [9.17, 15) is 8.78 Å². The average molecular weight is 235 g/mol. The lowest BCUT2D eigenvalue weighted by molar-refractivity contribution is 0.592. The zero-order valence-corrected chi connectivity index (χ0v) is 7.45. The van der Waals surface area contributed by atoms with Crippen molar-refractivity contribution >= 4 is 21.8 Å². The first kappa shape index (κ1) is 9.12. The van der Waals surface area contributed by atoms with Crippen molar-refractivity contribution in [1.29, 1.82) is 5.41 Å². The van der Waals surface area contributed by atoms with Gasteiger partial charge >= 0.3 is 0 Å². The van der Waals surface area contributed by atoms with E-state index in [1.54, 1.807) is 0 Å². The van der Waals surface area contributed by atoms with Crippen molar-refractivity contribution in [3.63, 3.8) is 0 Å². The number of hydrogen-bond donors (Lipinski definition) is 2. The topological polar surface area (TPSA) is 49.9 Å². The maximum absolute atomic E-state index is 12.9. The van der Waals surface area contributed by atoms with Gasteiger partial charge in [-0.05, 0) is 28.1 Å². The van der Waals surface area contributed by atoms with Gasteiger partial charge in [-0.3, -0.25) is 5.41 Å². The van der Waals surface area contributed by atoms with Crippen LogP contribution in [0, 0.1) is 17.0 Å². The number of amidine groups is 1. The predicted octanol–water partition coefficient (Wildman–Crippen LogP) is 2.01. The van der Waals surface area contributed by atoms with Gasteiger partial charge in [0.1, 0.15) is 17.5 Å². The van der Waals surface area contributed by atoms with Crippen molar-refractivity contribution in [2.75, 3.05) is 0 Å². The highest BCUT2D eigenvalue weighted by Gasteiger charge is 2.09. The Labute approximate surface area is 76.0 Å². The van der Waals surface area contributed by atoms with Crippen LogP contribution in [0.1, 0.15) is 5.56 Å². The van der Waals surface area contributed by atoms with Crippen LogP contribution >= 0.6 is 15.9 Å². The first-order chi connectivity index (χ1) is 5.52. The summed E-state index contributed by atoms with van der Waals surface area (Å²) in [7, 11) is 0. The number of nitrogens with one attached hydrogen (secondary N) is 1. The zero-order valence-electron chi connectivity index (χ0n) is 5.87. The van der Waals surface area contributed by atoms with Crippen molar-refractivity contribution in [1.82, 2.24) is 0 Å². The quantitative estimate of drug-likeness (QED) is 0.436. The van der Waals surface area contributed by atoms with E-state index in [2.05, 4.69) is 15.9 Å². The highest BCUT2D eigenvalue weighted by Crippen LogP contribution is 2.19. The molecule has 0 aromatic heterocycles. The number of rotatable bonds is 1. The van der Waals surface area contributed by atoms with Crippen LogP contribution in [0.25, 0.3) is 0 Å². The Bertz CT molecular complexity index is 338. The lowest BCUT2D eigenvalue weighted by atomic mass is 10.2. The summed E-state index contributed by atoms with van der Waals surface area (Å²) in [6.45, 7) is 0. The van der Waals surface area contributed by atoms with E-state index in [1.807, 2.05) is 0 Å². The van der Waals surface area contributed by atoms with Crippen LogP contribution in [0.3, 0.4) is 0 Å². The largest absolute Gasteiger partial charge is 0.384 e. The van der Waals surface area contributed by atoms with E-state index < -0.39 is 17.5 Å². The molecule has 64 valence electrons. The Morgan fingerprint density at radius 1 is 1.33 bits per heavy atom. The van der Waals surface area contributed by atoms with Crippen LogP contribution in [0.5, 0.6) is 0 Å². The Morgan fingerprint density at radius 3 is 2.42 bits per heavy atom. The fraction of sp³-hybridized carbons (Fsp3) is 0. The van der Waals surface area contributed by atoms with E-state index >= 15 is 0 Å². The van der Waals surface area contributed by atoms with E-state index in [4.69, 9.17) is 11.1 Å². The minimum absolute atomic E-state index is 0.0185. The zero-order chi connectivity index (χ0) is 9.30. The van der Waals surface area contributed by atoms with Gasteiger partial charge in [0.15, 0.2) is 0 Å². The third-order valence-corrected chi connectivity index (χ3v) is 1.91. The monoisotopic (exact) mass is 234 g/mol. The standard InChI is InChI=1S/C7H5BrF2N2/c8-4-2-5(9)3(7(11)12)1-6(4)10/h1-2H,(H3,11,12). The molecule has 1 rings (SSSR count). The average Bonchev–Trinajstić information content (AvgIpc) is 1.96. The number of hydrogen-bond acceptors (Lipinski definition) is 1. The van der Waals surface area contributed by atoms with Crippen molar-refractivity contribution in [3.8, 4) is 0 Å². The Balaban J connectivity index is 3.33. The number of halogens is 3. The maximum Gasteiger partial charge on any atom is 0.138 e. The minimum atomic E-state index is -0.712. The van der Waals surface area contributed by atoms with Crippen molar-refractivity contribution < 1.29 is 8.78 Å². The van der Waals surface area contributed by atoms with E-state index in [1.165, 1.54) is 0 Å². The van der Waals surface area contributed by atoms with Gasteiger partial charge in [-0.15, -0.1) is 0 Å². The molecule has 0 bridgehead atoms. The van der Waals surface area contributed by atoms with Crippen LogP contribution in [-0.2, 0) is 0 Å². The van der Waals surface area contributed by atoms with Crippen LogP contribution < -0.4 is 5.73 Å². The summed E-state index contributed by atoms with van der Waals surface area (Å²) >= 11 is 2.80. The molecular formula is C7H5BrF2N2. The van der Waals surface area contributed by atoms with Gasteiger partial charge in [0.25, 0.3) is 0 Å². The molecule has 0 saturated heterocycles. The van der Waals surface area contributed by atoms with Gasteiger partial charge in [0.2, 0.25) is 0 Å². The first-order valence-electron chi connectivity index (χ1n) is 3.01. The van der Waals surface area contributed by atoms with Crippen molar-refractivity contribution in [3.05, 3.63) is 33.8 Å². The second kappa shape index (κ2) is 3.18. The smallest absolute Gasteiger partial charge is 0.138 e. The molecule has 0 fully saturated rings. The molecule has 3 N–H and O–H groups in total. The summed E-state index contributed by atoms with van der Waals surface area (Å²) in [6, 6.07) is 1.81. The van der Waals surface area contributed by atoms with Gasteiger partial charge in [-0.25, -0.2) is 8.78 Å². The molecule has 1 aromatic carbocycles. The number of benzene rings is 1. The predicted molar refractivity (Wildman–Crippen MR) is 45.1 cm³/mol. The molecule has 0 saturated carbocycles. The highest BCUT2D eigenvalue weighted by atomic mass is 79.9. The summed E-state index contributed by atoms with van der Waals surface area (Å²) in [4.78, 5) is 0. The lowest BCUT2D eigenvalue weighted by Crippen LogP contribution is -2.13. The molecule has 0 aliphatic rings. The lowest BCUT2D eigenvalue weighted by Gasteiger charge is -2.01. The number of nitrogen functional groups attached to an aromatic ring is 1. The molecule has 0 aliphatic carbocycles. The third-order valence-electron chi connectivity index (χ3n) is 1.30. The summed E-state index contributed by atoms with van der Waals surface area (Å²) in [5, 5.41) is 6.90. The van der Waals surface area contributed by atoms with Crippen LogP contribution in [0.15, 0.2) is 16.6 Å². The second-order valence-electron chi connectivity index (χ2n) is 2.16. The Morgan fingerprint density at radius 2 is 1.92 bits per heavy atom. The molecule has 0 spiro atoms. The van der Waals surface area contributed by atoms with Crippen LogP contribution in [0.2, 0.25) is 0 Å². The normalized spacial score (nSPS) is 9.92. The summed E-state index contributed by atoms with van der Waals surface area (Å²) in [5.74, 6) is -1.84. The molecule has 0 amide bonds. The molecule has 1 aromatic rings. The van der Waals surface area contributed by atoms with Gasteiger partial charge < -0.3 is 5.73 Å². The van der Waals surface area contributed by atoms with Crippen LogP contribution in [-0.4, -0.2) is 5.84 Å². The number of nitrogens with two attached hydrogens (primary N) is 1. The summed E-state index contributed by atoms with van der Waals surface area (Å²) in [6.07, 6.45) is 0. The minimum Gasteiger partial charge on any atom is -0.384 e. The molecular weight excluding hydrogens is 230 g/mol. The summed E-state index contributed by atoms with van der Waals surface area (Å²) in [5.41, 5.74) is 4.77. The Hall–Kier alpha value is -0.970. The fourth-order valence-electron chi connectivity index (χ4n) is 0.729. The van der Waals surface area contributed by atoms with Crippen LogP contribution in [0.4, 0.5) is 8.78 Å². The fourth-order valence-corrected chi connectivity index (χ4v) is 1.04. The van der Waals surface area contributed by atoms with Gasteiger partial charge in [0, 0.05) is 0 Å². The van der Waals surface area contributed by atoms with Crippen molar-refractivity contribution in [2.45, 2.75) is 0 Å². The van der Waals surface area contributed by atoms with Gasteiger partial charge in [-0.2, -0.15) is 0 Å². The molecule has 2 nitrogen and oxygen atoms in total. The highest BCUT2D eigenvalue weighted by molar-refractivity contribution is 9.10. The van der Waals surface area contributed by atoms with E-state index in [0.29, 0.717) is 0 Å². The molecule has 0 unspecified atom stereocenters. The van der Waals surface area contributed by atoms with Crippen molar-refractivity contribution in [2.24, 2.45) is 5.73 Å². The molecule has 0 aliphatic heterocycles.